The molecule has 0 heterocycles. The summed E-state index contributed by atoms with van der Waals surface area (Å²) in [6.07, 6.45) is 2.94. The van der Waals surface area contributed by atoms with Crippen molar-refractivity contribution in [3.05, 3.63) is 35.9 Å². The Labute approximate surface area is 128 Å². The molecule has 0 aliphatic carbocycles. The Morgan fingerprint density at radius 2 is 1.81 bits per heavy atom. The Kier molecular flexibility index (Phi) is 6.94. The van der Waals surface area contributed by atoms with Crippen molar-refractivity contribution in [3.63, 3.8) is 0 Å². The van der Waals surface area contributed by atoms with Crippen LogP contribution in [-0.4, -0.2) is 12.5 Å². The van der Waals surface area contributed by atoms with Gasteiger partial charge in [-0.25, -0.2) is 0 Å². The molecule has 3 heteroatoms. The molecule has 0 saturated heterocycles. The number of amides is 1. The van der Waals surface area contributed by atoms with Gasteiger partial charge >= 0.3 is 0 Å². The lowest BCUT2D eigenvalue weighted by atomic mass is 9.79. The van der Waals surface area contributed by atoms with Gasteiger partial charge in [-0.2, -0.15) is 5.26 Å². The quantitative estimate of drug-likeness (QED) is 0.784. The van der Waals surface area contributed by atoms with Crippen LogP contribution in [0.15, 0.2) is 30.3 Å². The van der Waals surface area contributed by atoms with Crippen LogP contribution in [0, 0.1) is 16.7 Å². The summed E-state index contributed by atoms with van der Waals surface area (Å²) in [6.45, 7) is 6.69. The molecule has 0 aromatic heterocycles. The molecular formula is C18H26N2O. The van der Waals surface area contributed by atoms with E-state index in [1.165, 1.54) is 5.56 Å². The molecule has 21 heavy (non-hydrogen) atoms. The normalized spacial score (nSPS) is 12.5. The zero-order chi connectivity index (χ0) is 15.7. The highest BCUT2D eigenvalue weighted by Gasteiger charge is 2.36. The summed E-state index contributed by atoms with van der Waals surface area (Å²) in [5.74, 6) is 0.131. The van der Waals surface area contributed by atoms with Crippen LogP contribution in [0.3, 0.4) is 0 Å². The van der Waals surface area contributed by atoms with Crippen molar-refractivity contribution in [1.82, 2.24) is 5.32 Å². The van der Waals surface area contributed by atoms with E-state index in [2.05, 4.69) is 30.4 Å². The van der Waals surface area contributed by atoms with Gasteiger partial charge in [0.1, 0.15) is 5.41 Å². The Bertz CT molecular complexity index is 470. The number of carbonyl (C=O) groups excluding carboxylic acids is 1. The zero-order valence-electron chi connectivity index (χ0n) is 13.4. The van der Waals surface area contributed by atoms with Crippen LogP contribution in [0.2, 0.25) is 0 Å². The van der Waals surface area contributed by atoms with Gasteiger partial charge in [-0.3, -0.25) is 4.79 Å². The van der Waals surface area contributed by atoms with Gasteiger partial charge in [0.2, 0.25) is 5.91 Å². The fourth-order valence-corrected chi connectivity index (χ4v) is 2.68. The minimum Gasteiger partial charge on any atom is -0.354 e. The first-order valence-corrected chi connectivity index (χ1v) is 7.84. The zero-order valence-corrected chi connectivity index (χ0v) is 13.4. The Morgan fingerprint density at radius 3 is 2.29 bits per heavy atom. The standard InChI is InChI=1S/C18H26N2O/c1-4-11-18(14-19,12-5-2)17(21)20-13-15(3)16-9-7-6-8-10-16/h6-10,15H,4-5,11-13H2,1-3H3,(H,20,21). The van der Waals surface area contributed by atoms with Gasteiger partial charge in [0, 0.05) is 6.54 Å². The number of nitrogens with zero attached hydrogens (tertiary/aromatic N) is 1. The molecule has 1 rings (SSSR count). The molecule has 0 aliphatic rings. The largest absolute Gasteiger partial charge is 0.354 e. The van der Waals surface area contributed by atoms with Crippen molar-refractivity contribution in [2.75, 3.05) is 6.54 Å². The highest BCUT2D eigenvalue weighted by Crippen LogP contribution is 2.29. The number of hydrogen-bond donors (Lipinski definition) is 1. The van der Waals surface area contributed by atoms with Gasteiger partial charge in [0.15, 0.2) is 0 Å². The summed E-state index contributed by atoms with van der Waals surface area (Å²) in [5.41, 5.74) is 0.339. The van der Waals surface area contributed by atoms with Crippen LogP contribution in [0.1, 0.15) is 57.9 Å². The van der Waals surface area contributed by atoms with E-state index >= 15 is 0 Å². The van der Waals surface area contributed by atoms with Gasteiger partial charge < -0.3 is 5.32 Å². The van der Waals surface area contributed by atoms with E-state index in [9.17, 15) is 10.1 Å². The molecule has 0 aliphatic heterocycles. The van der Waals surface area contributed by atoms with Crippen molar-refractivity contribution in [2.45, 2.75) is 52.4 Å². The molecule has 1 aromatic carbocycles. The van der Waals surface area contributed by atoms with Gasteiger partial charge in [-0.05, 0) is 24.3 Å². The smallest absolute Gasteiger partial charge is 0.240 e. The first-order valence-electron chi connectivity index (χ1n) is 7.84. The molecule has 0 saturated carbocycles. The molecule has 1 unspecified atom stereocenters. The SMILES string of the molecule is CCCC(C#N)(CCC)C(=O)NCC(C)c1ccccc1. The Balaban J connectivity index is 2.68. The van der Waals surface area contributed by atoms with Gasteiger partial charge in [-0.1, -0.05) is 63.9 Å². The fourth-order valence-electron chi connectivity index (χ4n) is 2.68. The fraction of sp³-hybridized carbons (Fsp3) is 0.556. The van der Waals surface area contributed by atoms with Crippen molar-refractivity contribution in [1.29, 1.82) is 5.26 Å². The maximum atomic E-state index is 12.5. The lowest BCUT2D eigenvalue weighted by molar-refractivity contribution is -0.129. The second kappa shape index (κ2) is 8.46. The summed E-state index contributed by atoms with van der Waals surface area (Å²) >= 11 is 0. The van der Waals surface area contributed by atoms with Crippen molar-refractivity contribution in [3.8, 4) is 6.07 Å². The molecule has 3 nitrogen and oxygen atoms in total. The van der Waals surface area contributed by atoms with Crippen LogP contribution >= 0.6 is 0 Å². The summed E-state index contributed by atoms with van der Waals surface area (Å²) in [7, 11) is 0. The second-order valence-corrected chi connectivity index (χ2v) is 5.72. The molecule has 0 spiro atoms. The second-order valence-electron chi connectivity index (χ2n) is 5.72. The van der Waals surface area contributed by atoms with Crippen LogP contribution in [0.5, 0.6) is 0 Å². The van der Waals surface area contributed by atoms with Crippen molar-refractivity contribution < 1.29 is 4.79 Å². The van der Waals surface area contributed by atoms with Crippen molar-refractivity contribution in [2.24, 2.45) is 5.41 Å². The number of benzene rings is 1. The van der Waals surface area contributed by atoms with Gasteiger partial charge in [0.25, 0.3) is 0 Å². The minimum absolute atomic E-state index is 0.114. The number of hydrogen-bond acceptors (Lipinski definition) is 2. The van der Waals surface area contributed by atoms with E-state index in [0.29, 0.717) is 19.4 Å². The molecule has 0 radical (unpaired) electrons. The summed E-state index contributed by atoms with van der Waals surface area (Å²) in [6, 6.07) is 12.4. The monoisotopic (exact) mass is 286 g/mol. The van der Waals surface area contributed by atoms with Crippen LogP contribution < -0.4 is 5.32 Å². The third kappa shape index (κ3) is 4.60. The van der Waals surface area contributed by atoms with Crippen LogP contribution in [0.25, 0.3) is 0 Å². The molecule has 1 aromatic rings. The molecule has 1 N–H and O–H groups in total. The number of nitrogens with one attached hydrogen (secondary N) is 1. The number of nitriles is 1. The highest BCUT2D eigenvalue weighted by molar-refractivity contribution is 5.85. The van der Waals surface area contributed by atoms with Crippen LogP contribution in [-0.2, 0) is 4.79 Å². The molecular weight excluding hydrogens is 260 g/mol. The van der Waals surface area contributed by atoms with E-state index in [0.717, 1.165) is 12.8 Å². The predicted octanol–water partition coefficient (Wildman–Crippen LogP) is 4.02. The summed E-state index contributed by atoms with van der Waals surface area (Å²) in [5, 5.41) is 12.5. The number of carbonyl (C=O) groups is 1. The maximum absolute atomic E-state index is 12.5. The van der Waals surface area contributed by atoms with E-state index in [1.54, 1.807) is 0 Å². The maximum Gasteiger partial charge on any atom is 0.240 e. The predicted molar refractivity (Wildman–Crippen MR) is 85.7 cm³/mol. The van der Waals surface area contributed by atoms with E-state index in [-0.39, 0.29) is 11.8 Å². The van der Waals surface area contributed by atoms with Gasteiger partial charge in [0.05, 0.1) is 6.07 Å². The number of rotatable bonds is 8. The molecule has 0 bridgehead atoms. The lowest BCUT2D eigenvalue weighted by Crippen LogP contribution is -2.41. The summed E-state index contributed by atoms with van der Waals surface area (Å²) < 4.78 is 0. The molecule has 1 atom stereocenters. The molecule has 114 valence electrons. The average molecular weight is 286 g/mol. The Morgan fingerprint density at radius 1 is 1.24 bits per heavy atom. The average Bonchev–Trinajstić information content (AvgIpc) is 2.52. The van der Waals surface area contributed by atoms with E-state index < -0.39 is 5.41 Å². The third-order valence-corrected chi connectivity index (χ3v) is 3.94. The van der Waals surface area contributed by atoms with E-state index in [1.807, 2.05) is 32.0 Å². The first kappa shape index (κ1) is 17.2. The molecule has 1 amide bonds. The molecule has 0 fully saturated rings. The lowest BCUT2D eigenvalue weighted by Gasteiger charge is -2.25. The minimum atomic E-state index is -0.861. The van der Waals surface area contributed by atoms with Crippen molar-refractivity contribution >= 4 is 5.91 Å². The van der Waals surface area contributed by atoms with E-state index in [4.69, 9.17) is 0 Å². The first-order chi connectivity index (χ1) is 10.1. The summed E-state index contributed by atoms with van der Waals surface area (Å²) in [4.78, 5) is 12.5. The highest BCUT2D eigenvalue weighted by atomic mass is 16.2. The third-order valence-electron chi connectivity index (χ3n) is 3.94. The Hall–Kier alpha value is -1.82. The topological polar surface area (TPSA) is 52.9 Å². The van der Waals surface area contributed by atoms with Crippen LogP contribution in [0.4, 0.5) is 0 Å². The van der Waals surface area contributed by atoms with Gasteiger partial charge in [-0.15, -0.1) is 0 Å².